The van der Waals surface area contributed by atoms with Crippen molar-refractivity contribution in [3.8, 4) is 0 Å². The lowest BCUT2D eigenvalue weighted by Gasteiger charge is -2.53. The van der Waals surface area contributed by atoms with Crippen molar-refractivity contribution < 1.29 is 4.79 Å². The van der Waals surface area contributed by atoms with E-state index in [1.54, 1.807) is 0 Å². The molecule has 0 aromatic carbocycles. The zero-order chi connectivity index (χ0) is 11.8. The first-order valence-electron chi connectivity index (χ1n) is 6.86. The van der Waals surface area contributed by atoms with Gasteiger partial charge in [-0.3, -0.25) is 4.79 Å². The molecule has 0 radical (unpaired) electrons. The van der Waals surface area contributed by atoms with Gasteiger partial charge >= 0.3 is 0 Å². The van der Waals surface area contributed by atoms with Gasteiger partial charge in [0.15, 0.2) is 0 Å². The second-order valence-corrected chi connectivity index (χ2v) is 5.80. The highest BCUT2D eigenvalue weighted by Crippen LogP contribution is 2.60. The molecule has 0 aromatic rings. The summed E-state index contributed by atoms with van der Waals surface area (Å²) in [6.07, 6.45) is 10.5. The normalized spacial score (nSPS) is 36.6. The molecule has 3 unspecified atom stereocenters. The number of hydrogen-bond acceptors (Lipinski definition) is 1. The number of allylic oxidation sites excluding steroid dienone is 2. The zero-order valence-electron chi connectivity index (χ0n) is 10.8. The first-order valence-corrected chi connectivity index (χ1v) is 6.86. The molecule has 2 aliphatic rings. The van der Waals surface area contributed by atoms with Gasteiger partial charge in [-0.05, 0) is 18.8 Å². The predicted octanol–water partition coefficient (Wildman–Crippen LogP) is 3.98. The number of ketones is 1. The summed E-state index contributed by atoms with van der Waals surface area (Å²) in [6.45, 7) is 6.78. The number of fused-ring (bicyclic) bond motifs is 1. The molecule has 1 saturated carbocycles. The van der Waals surface area contributed by atoms with Gasteiger partial charge in [-0.2, -0.15) is 0 Å². The molecule has 2 aliphatic carbocycles. The minimum atomic E-state index is 0.241. The number of unbranched alkanes of at least 4 members (excludes halogenated alkanes) is 2. The maximum atomic E-state index is 12.1. The van der Waals surface area contributed by atoms with Crippen LogP contribution in [0.5, 0.6) is 0 Å². The van der Waals surface area contributed by atoms with Crippen LogP contribution < -0.4 is 0 Å². The van der Waals surface area contributed by atoms with Gasteiger partial charge in [-0.15, -0.1) is 0 Å². The van der Waals surface area contributed by atoms with Crippen molar-refractivity contribution in [1.29, 1.82) is 0 Å². The molecule has 0 heterocycles. The fourth-order valence-corrected chi connectivity index (χ4v) is 3.83. The number of carbonyl (C=O) groups is 1. The Kier molecular flexibility index (Phi) is 3.23. The monoisotopic (exact) mass is 220 g/mol. The van der Waals surface area contributed by atoms with Crippen LogP contribution >= 0.6 is 0 Å². The summed E-state index contributed by atoms with van der Waals surface area (Å²) in [4.78, 5) is 12.1. The van der Waals surface area contributed by atoms with Gasteiger partial charge in [-0.1, -0.05) is 52.2 Å². The van der Waals surface area contributed by atoms with Crippen molar-refractivity contribution >= 4 is 5.78 Å². The van der Waals surface area contributed by atoms with Crippen LogP contribution in [0.4, 0.5) is 0 Å². The Morgan fingerprint density at radius 2 is 2.19 bits per heavy atom. The van der Waals surface area contributed by atoms with Crippen LogP contribution in [-0.4, -0.2) is 5.78 Å². The Bertz CT molecular complexity index is 303. The number of rotatable bonds is 5. The van der Waals surface area contributed by atoms with Crippen molar-refractivity contribution in [2.45, 2.75) is 52.9 Å². The number of Topliss-reactive ketones (excluding diaryl/α,β-unsaturated/α-hetero) is 1. The Balaban J connectivity index is 2.06. The largest absolute Gasteiger partial charge is 0.299 e. The molecule has 0 aromatic heterocycles. The van der Waals surface area contributed by atoms with Crippen LogP contribution in [0.15, 0.2) is 12.2 Å². The minimum Gasteiger partial charge on any atom is -0.299 e. The highest BCUT2D eigenvalue weighted by atomic mass is 16.1. The average molecular weight is 220 g/mol. The molecule has 0 aliphatic heterocycles. The fraction of sp³-hybridized carbons (Fsp3) is 0.800. The molecule has 90 valence electrons. The average Bonchev–Trinajstić information content (AvgIpc) is 2.64. The van der Waals surface area contributed by atoms with Gasteiger partial charge in [0, 0.05) is 17.3 Å². The summed E-state index contributed by atoms with van der Waals surface area (Å²) in [6, 6.07) is 0. The maximum Gasteiger partial charge on any atom is 0.141 e. The lowest BCUT2D eigenvalue weighted by Crippen LogP contribution is -2.57. The highest BCUT2D eigenvalue weighted by molar-refractivity contribution is 5.93. The summed E-state index contributed by atoms with van der Waals surface area (Å²) >= 11 is 0. The third-order valence-electron chi connectivity index (χ3n) is 4.77. The fourth-order valence-electron chi connectivity index (χ4n) is 3.83. The molecule has 0 spiro atoms. The van der Waals surface area contributed by atoms with Crippen molar-refractivity contribution in [3.05, 3.63) is 12.2 Å². The van der Waals surface area contributed by atoms with Gasteiger partial charge in [-0.25, -0.2) is 0 Å². The first kappa shape index (κ1) is 11.9. The van der Waals surface area contributed by atoms with Crippen LogP contribution in [0.3, 0.4) is 0 Å². The quantitative estimate of drug-likeness (QED) is 0.506. The third kappa shape index (κ3) is 1.48. The van der Waals surface area contributed by atoms with E-state index >= 15 is 0 Å². The lowest BCUT2D eigenvalue weighted by atomic mass is 9.48. The Labute approximate surface area is 99.3 Å². The van der Waals surface area contributed by atoms with Gasteiger partial charge in [0.1, 0.15) is 5.78 Å². The summed E-state index contributed by atoms with van der Waals surface area (Å²) in [5, 5.41) is 0. The number of carbonyl (C=O) groups excluding carboxylic acids is 1. The van der Waals surface area contributed by atoms with E-state index in [-0.39, 0.29) is 5.41 Å². The van der Waals surface area contributed by atoms with Gasteiger partial charge < -0.3 is 0 Å². The van der Waals surface area contributed by atoms with Crippen molar-refractivity contribution in [2.24, 2.45) is 23.2 Å². The Hall–Kier alpha value is -0.590. The van der Waals surface area contributed by atoms with Gasteiger partial charge in [0.25, 0.3) is 0 Å². The van der Waals surface area contributed by atoms with Crippen LogP contribution in [0.2, 0.25) is 0 Å². The Morgan fingerprint density at radius 3 is 2.81 bits per heavy atom. The van der Waals surface area contributed by atoms with E-state index in [1.165, 1.54) is 19.3 Å². The van der Waals surface area contributed by atoms with E-state index in [0.717, 1.165) is 12.8 Å². The second kappa shape index (κ2) is 4.35. The molecule has 0 amide bonds. The molecule has 1 fully saturated rings. The van der Waals surface area contributed by atoms with Crippen molar-refractivity contribution in [1.82, 2.24) is 0 Å². The van der Waals surface area contributed by atoms with E-state index in [9.17, 15) is 4.79 Å². The van der Waals surface area contributed by atoms with Crippen LogP contribution in [0.1, 0.15) is 52.9 Å². The lowest BCUT2D eigenvalue weighted by molar-refractivity contribution is -0.154. The molecule has 0 bridgehead atoms. The van der Waals surface area contributed by atoms with E-state index < -0.39 is 0 Å². The molecule has 3 atom stereocenters. The zero-order valence-corrected chi connectivity index (χ0v) is 10.8. The second-order valence-electron chi connectivity index (χ2n) is 5.80. The van der Waals surface area contributed by atoms with E-state index in [2.05, 4.69) is 32.9 Å². The molecule has 0 N–H and O–H groups in total. The maximum absolute atomic E-state index is 12.1. The minimum absolute atomic E-state index is 0.241. The SMILES string of the molecule is CCCCCC1C(=O)C2CC=CC21C(C)C. The summed E-state index contributed by atoms with van der Waals surface area (Å²) in [5.74, 6) is 1.83. The molecule has 2 rings (SSSR count). The molecule has 16 heavy (non-hydrogen) atoms. The van der Waals surface area contributed by atoms with Crippen LogP contribution in [-0.2, 0) is 4.79 Å². The molecular formula is C15H24O. The topological polar surface area (TPSA) is 17.1 Å². The van der Waals surface area contributed by atoms with E-state index in [1.807, 2.05) is 0 Å². The molecule has 1 nitrogen and oxygen atoms in total. The Morgan fingerprint density at radius 1 is 1.44 bits per heavy atom. The first-order chi connectivity index (χ1) is 7.64. The molecule has 0 saturated heterocycles. The molecular weight excluding hydrogens is 196 g/mol. The number of hydrogen-bond donors (Lipinski definition) is 0. The van der Waals surface area contributed by atoms with Gasteiger partial charge in [0.2, 0.25) is 0 Å². The molecule has 1 heteroatoms. The van der Waals surface area contributed by atoms with Crippen LogP contribution in [0.25, 0.3) is 0 Å². The van der Waals surface area contributed by atoms with E-state index in [0.29, 0.717) is 23.5 Å². The highest BCUT2D eigenvalue weighted by Gasteiger charge is 2.62. The summed E-state index contributed by atoms with van der Waals surface area (Å²) in [5.41, 5.74) is 0.241. The van der Waals surface area contributed by atoms with E-state index in [4.69, 9.17) is 0 Å². The predicted molar refractivity (Wildman–Crippen MR) is 67.2 cm³/mol. The van der Waals surface area contributed by atoms with Crippen molar-refractivity contribution in [3.63, 3.8) is 0 Å². The van der Waals surface area contributed by atoms with Crippen LogP contribution in [0, 0.1) is 23.2 Å². The standard InChI is InChI=1S/C15H24O/c1-4-5-6-8-12-14(16)13-9-7-10-15(12,13)11(2)3/h7,10-13H,4-6,8-9H2,1-3H3. The third-order valence-corrected chi connectivity index (χ3v) is 4.77. The summed E-state index contributed by atoms with van der Waals surface area (Å²) in [7, 11) is 0. The van der Waals surface area contributed by atoms with Crippen molar-refractivity contribution in [2.75, 3.05) is 0 Å². The van der Waals surface area contributed by atoms with Gasteiger partial charge in [0.05, 0.1) is 0 Å². The summed E-state index contributed by atoms with van der Waals surface area (Å²) < 4.78 is 0. The smallest absolute Gasteiger partial charge is 0.141 e.